The third-order valence-corrected chi connectivity index (χ3v) is 3.07. The molecule has 2 amide bonds. The summed E-state index contributed by atoms with van der Waals surface area (Å²) < 4.78 is 1.27. The van der Waals surface area contributed by atoms with Crippen LogP contribution in [0.15, 0.2) is 12.4 Å². The fourth-order valence-electron chi connectivity index (χ4n) is 1.97. The van der Waals surface area contributed by atoms with E-state index in [-0.39, 0.29) is 18.6 Å². The Kier molecular flexibility index (Phi) is 6.71. The van der Waals surface area contributed by atoms with E-state index in [4.69, 9.17) is 5.11 Å². The Hall–Kier alpha value is -2.05. The number of carboxylic acids is 1. The first-order chi connectivity index (χ1) is 9.93. The van der Waals surface area contributed by atoms with Crippen molar-refractivity contribution in [3.05, 3.63) is 12.4 Å². The summed E-state index contributed by atoms with van der Waals surface area (Å²) in [7, 11) is 0. The minimum atomic E-state index is -0.973. The number of carboxylic acid groups (broad SMARTS) is 1. The Balaban J connectivity index is 2.59. The number of carbonyl (C=O) groups is 2. The number of nitrogens with one attached hydrogen (secondary N) is 1. The molecule has 0 fully saturated rings. The van der Waals surface area contributed by atoms with Crippen molar-refractivity contribution in [3.63, 3.8) is 0 Å². The van der Waals surface area contributed by atoms with Crippen LogP contribution in [0.2, 0.25) is 0 Å². The lowest BCUT2D eigenvalue weighted by Crippen LogP contribution is -2.40. The topological polar surface area (TPSA) is 87.5 Å². The van der Waals surface area contributed by atoms with Gasteiger partial charge >= 0.3 is 12.0 Å². The van der Waals surface area contributed by atoms with Crippen LogP contribution in [0.5, 0.6) is 0 Å². The number of anilines is 1. The van der Waals surface area contributed by atoms with Gasteiger partial charge in [-0.05, 0) is 20.3 Å². The van der Waals surface area contributed by atoms with Crippen molar-refractivity contribution in [2.75, 3.05) is 11.9 Å². The van der Waals surface area contributed by atoms with E-state index in [2.05, 4.69) is 17.3 Å². The van der Waals surface area contributed by atoms with Gasteiger partial charge in [-0.3, -0.25) is 9.48 Å². The molecule has 7 nitrogen and oxygen atoms in total. The number of urea groups is 1. The average Bonchev–Trinajstić information content (AvgIpc) is 2.80. The van der Waals surface area contributed by atoms with Gasteiger partial charge in [0.15, 0.2) is 0 Å². The largest absolute Gasteiger partial charge is 0.480 e. The molecule has 0 atom stereocenters. The molecule has 2 N–H and O–H groups in total. The molecule has 0 aliphatic rings. The summed E-state index contributed by atoms with van der Waals surface area (Å²) in [5, 5.41) is 15.3. The summed E-state index contributed by atoms with van der Waals surface area (Å²) >= 11 is 0. The molecule has 1 rings (SSSR count). The van der Waals surface area contributed by atoms with Gasteiger partial charge in [0, 0.05) is 18.8 Å². The zero-order chi connectivity index (χ0) is 15.8. The van der Waals surface area contributed by atoms with Crippen LogP contribution in [0.1, 0.15) is 40.0 Å². The van der Waals surface area contributed by atoms with Crippen molar-refractivity contribution < 1.29 is 14.7 Å². The van der Waals surface area contributed by atoms with Crippen LogP contribution in [0.25, 0.3) is 0 Å². The van der Waals surface area contributed by atoms with E-state index in [1.807, 2.05) is 13.8 Å². The summed E-state index contributed by atoms with van der Waals surface area (Å²) in [6, 6.07) is -0.0769. The highest BCUT2D eigenvalue weighted by Crippen LogP contribution is 2.10. The molecule has 1 aromatic rings. The Morgan fingerprint density at radius 1 is 1.43 bits per heavy atom. The van der Waals surface area contributed by atoms with E-state index >= 15 is 0 Å². The maximum absolute atomic E-state index is 12.2. The predicted octanol–water partition coefficient (Wildman–Crippen LogP) is 2.40. The Morgan fingerprint density at radius 2 is 2.14 bits per heavy atom. The van der Waals surface area contributed by atoms with Crippen molar-refractivity contribution in [1.82, 2.24) is 14.7 Å². The Labute approximate surface area is 124 Å². The molecule has 0 aliphatic carbocycles. The number of aromatic nitrogens is 2. The molecule has 0 saturated carbocycles. The van der Waals surface area contributed by atoms with Crippen LogP contribution in [-0.2, 0) is 11.3 Å². The third-order valence-electron chi connectivity index (χ3n) is 3.07. The van der Waals surface area contributed by atoms with Crippen molar-refractivity contribution >= 4 is 17.7 Å². The number of amides is 2. The summed E-state index contributed by atoms with van der Waals surface area (Å²) in [6.07, 6.45) is 6.13. The van der Waals surface area contributed by atoms with Gasteiger partial charge in [-0.2, -0.15) is 5.10 Å². The molecule has 1 aromatic heterocycles. The highest BCUT2D eigenvalue weighted by atomic mass is 16.4. The van der Waals surface area contributed by atoms with Crippen molar-refractivity contribution in [2.45, 2.75) is 52.6 Å². The van der Waals surface area contributed by atoms with Crippen LogP contribution in [-0.4, -0.2) is 44.4 Å². The van der Waals surface area contributed by atoms with Crippen molar-refractivity contribution in [1.29, 1.82) is 0 Å². The molecule has 1 heterocycles. The number of hydrogen-bond acceptors (Lipinski definition) is 3. The third kappa shape index (κ3) is 5.85. The first kappa shape index (κ1) is 17.0. The van der Waals surface area contributed by atoms with Crippen LogP contribution in [0.3, 0.4) is 0 Å². The second-order valence-corrected chi connectivity index (χ2v) is 5.24. The van der Waals surface area contributed by atoms with E-state index in [1.165, 1.54) is 17.1 Å². The lowest BCUT2D eigenvalue weighted by molar-refractivity contribution is -0.137. The molecule has 0 saturated heterocycles. The maximum atomic E-state index is 12.2. The molecule has 0 aromatic carbocycles. The molecule has 0 spiro atoms. The molecule has 0 aliphatic heterocycles. The van der Waals surface area contributed by atoms with Gasteiger partial charge in [0.2, 0.25) is 0 Å². The predicted molar refractivity (Wildman–Crippen MR) is 80.2 cm³/mol. The van der Waals surface area contributed by atoms with Gasteiger partial charge in [0.1, 0.15) is 6.54 Å². The Bertz CT molecular complexity index is 471. The molecule has 0 unspecified atom stereocenters. The molecule has 118 valence electrons. The van der Waals surface area contributed by atoms with E-state index in [1.54, 1.807) is 4.90 Å². The van der Waals surface area contributed by atoms with Crippen LogP contribution in [0, 0.1) is 0 Å². The van der Waals surface area contributed by atoms with E-state index in [9.17, 15) is 9.59 Å². The quantitative estimate of drug-likeness (QED) is 0.721. The molecular formula is C14H24N4O3. The van der Waals surface area contributed by atoms with Crippen LogP contribution < -0.4 is 5.32 Å². The lowest BCUT2D eigenvalue weighted by atomic mass is 10.2. The number of aliphatic carboxylic acids is 1. The van der Waals surface area contributed by atoms with Crippen molar-refractivity contribution in [2.24, 2.45) is 0 Å². The first-order valence-corrected chi connectivity index (χ1v) is 7.26. The zero-order valence-electron chi connectivity index (χ0n) is 12.9. The highest BCUT2D eigenvalue weighted by Gasteiger charge is 2.17. The lowest BCUT2D eigenvalue weighted by Gasteiger charge is -2.26. The fraction of sp³-hybridized carbons (Fsp3) is 0.643. The number of carbonyl (C=O) groups excluding carboxylic acids is 1. The van der Waals surface area contributed by atoms with Crippen LogP contribution in [0.4, 0.5) is 10.5 Å². The van der Waals surface area contributed by atoms with Gasteiger partial charge in [0.25, 0.3) is 0 Å². The molecule has 7 heteroatoms. The van der Waals surface area contributed by atoms with E-state index in [0.717, 1.165) is 19.3 Å². The van der Waals surface area contributed by atoms with Gasteiger partial charge in [-0.1, -0.05) is 19.8 Å². The smallest absolute Gasteiger partial charge is 0.325 e. The SMILES string of the molecule is CCCCCN(C(=O)Nc1cnn(CC(=O)O)c1)C(C)C. The molecule has 0 bridgehead atoms. The van der Waals surface area contributed by atoms with Gasteiger partial charge in [0.05, 0.1) is 11.9 Å². The number of nitrogens with zero attached hydrogens (tertiary/aromatic N) is 3. The molecule has 21 heavy (non-hydrogen) atoms. The van der Waals surface area contributed by atoms with Gasteiger partial charge < -0.3 is 15.3 Å². The monoisotopic (exact) mass is 296 g/mol. The standard InChI is InChI=1S/C14H24N4O3/c1-4-5-6-7-18(11(2)3)14(21)16-12-8-15-17(9-12)10-13(19)20/h8-9,11H,4-7,10H2,1-3H3,(H,16,21)(H,19,20). The van der Waals surface area contributed by atoms with Crippen LogP contribution >= 0.6 is 0 Å². The zero-order valence-corrected chi connectivity index (χ0v) is 12.9. The normalized spacial score (nSPS) is 10.7. The van der Waals surface area contributed by atoms with Gasteiger partial charge in [-0.25, -0.2) is 4.79 Å². The number of rotatable bonds is 8. The summed E-state index contributed by atoms with van der Waals surface area (Å²) in [6.45, 7) is 6.55. The second-order valence-electron chi connectivity index (χ2n) is 5.24. The summed E-state index contributed by atoms with van der Waals surface area (Å²) in [5.41, 5.74) is 0.502. The first-order valence-electron chi connectivity index (χ1n) is 7.26. The van der Waals surface area contributed by atoms with E-state index < -0.39 is 5.97 Å². The number of unbranched alkanes of at least 4 members (excludes halogenated alkanes) is 2. The average molecular weight is 296 g/mol. The summed E-state index contributed by atoms with van der Waals surface area (Å²) in [5.74, 6) is -0.973. The minimum absolute atomic E-state index is 0.107. The maximum Gasteiger partial charge on any atom is 0.325 e. The fourth-order valence-corrected chi connectivity index (χ4v) is 1.97. The summed E-state index contributed by atoms with van der Waals surface area (Å²) in [4.78, 5) is 24.6. The van der Waals surface area contributed by atoms with Crippen molar-refractivity contribution in [3.8, 4) is 0 Å². The Morgan fingerprint density at radius 3 is 2.71 bits per heavy atom. The number of hydrogen-bond donors (Lipinski definition) is 2. The molecule has 0 radical (unpaired) electrons. The highest BCUT2D eigenvalue weighted by molar-refractivity contribution is 5.89. The minimum Gasteiger partial charge on any atom is -0.480 e. The van der Waals surface area contributed by atoms with Gasteiger partial charge in [-0.15, -0.1) is 0 Å². The molecular weight excluding hydrogens is 272 g/mol. The second kappa shape index (κ2) is 8.28. The van der Waals surface area contributed by atoms with E-state index in [0.29, 0.717) is 12.2 Å².